The van der Waals surface area contributed by atoms with E-state index in [1.807, 2.05) is 24.8 Å². The van der Waals surface area contributed by atoms with Crippen LogP contribution in [0.3, 0.4) is 0 Å². The fourth-order valence-corrected chi connectivity index (χ4v) is 6.59. The quantitative estimate of drug-likeness (QED) is 0.675. The average Bonchev–Trinajstić information content (AvgIpc) is 3.41. The van der Waals surface area contributed by atoms with E-state index in [-0.39, 0.29) is 11.6 Å². The van der Waals surface area contributed by atoms with E-state index < -0.39 is 11.5 Å². The number of hydrogen-bond acceptors (Lipinski definition) is 5. The van der Waals surface area contributed by atoms with E-state index >= 15 is 0 Å². The molecule has 1 fully saturated rings. The van der Waals surface area contributed by atoms with Crippen LogP contribution in [0.25, 0.3) is 16.0 Å². The smallest absolute Gasteiger partial charge is 0.341 e. The fraction of sp³-hybridized carbons (Fsp3) is 0.333. The van der Waals surface area contributed by atoms with Gasteiger partial charge in [-0.25, -0.2) is 4.79 Å². The Morgan fingerprint density at radius 3 is 2.75 bits per heavy atom. The predicted octanol–water partition coefficient (Wildman–Crippen LogP) is 4.16. The van der Waals surface area contributed by atoms with Crippen LogP contribution in [-0.4, -0.2) is 21.2 Å². The lowest BCUT2D eigenvalue weighted by Gasteiger charge is -2.17. The van der Waals surface area contributed by atoms with Crippen molar-refractivity contribution >= 4 is 34.6 Å². The van der Waals surface area contributed by atoms with Gasteiger partial charge in [-0.05, 0) is 66.1 Å². The van der Waals surface area contributed by atoms with E-state index in [0.717, 1.165) is 46.6 Å². The Morgan fingerprint density at radius 2 is 2.07 bits per heavy atom. The first kappa shape index (κ1) is 18.0. The fourth-order valence-electron chi connectivity index (χ4n) is 4.09. The minimum atomic E-state index is -1.17. The Hall–Kier alpha value is -2.09. The predicted molar refractivity (Wildman–Crippen MR) is 114 cm³/mol. The third-order valence-electron chi connectivity index (χ3n) is 5.70. The van der Waals surface area contributed by atoms with Crippen LogP contribution in [0.15, 0.2) is 29.2 Å². The number of aromatic carboxylic acids is 1. The highest BCUT2D eigenvalue weighted by Gasteiger charge is 2.30. The molecule has 0 amide bonds. The number of thiophene rings is 1. The molecule has 0 spiro atoms. The summed E-state index contributed by atoms with van der Waals surface area (Å²) in [6, 6.07) is 5.80. The number of hydrogen-bond donors (Lipinski definition) is 2. The van der Waals surface area contributed by atoms with Crippen LogP contribution < -0.4 is 11.3 Å². The van der Waals surface area contributed by atoms with Gasteiger partial charge in [-0.15, -0.1) is 11.3 Å². The van der Waals surface area contributed by atoms with Crippen molar-refractivity contribution in [3.63, 3.8) is 0 Å². The van der Waals surface area contributed by atoms with E-state index in [2.05, 4.69) is 6.07 Å². The Balaban J connectivity index is 1.76. The molecule has 0 saturated heterocycles. The number of nitrogens with zero attached hydrogens (tertiary/aromatic N) is 1. The highest BCUT2D eigenvalue weighted by molar-refractivity contribution is 7.98. The standard InChI is InChI=1S/C21H20N2O3S2/c1-10-12(17-7-14-16(22)8-27-9-18(14)28-17)4-5-23-19(10)13(11-2-3-11)6-15(20(23)24)21(25)26/h4-7,11,16H,2-3,8-9,22H2,1H3,(H,25,26). The van der Waals surface area contributed by atoms with Crippen LogP contribution in [0.4, 0.5) is 0 Å². The van der Waals surface area contributed by atoms with Gasteiger partial charge in [-0.2, -0.15) is 11.8 Å². The lowest BCUT2D eigenvalue weighted by Crippen LogP contribution is -2.23. The summed E-state index contributed by atoms with van der Waals surface area (Å²) in [5.74, 6) is 1.11. The average molecular weight is 413 g/mol. The summed E-state index contributed by atoms with van der Waals surface area (Å²) < 4.78 is 1.52. The van der Waals surface area contributed by atoms with Gasteiger partial charge in [0.15, 0.2) is 0 Å². The van der Waals surface area contributed by atoms with Crippen LogP contribution in [0.1, 0.15) is 56.7 Å². The van der Waals surface area contributed by atoms with E-state index in [0.29, 0.717) is 5.92 Å². The summed E-state index contributed by atoms with van der Waals surface area (Å²) in [4.78, 5) is 26.8. The topological polar surface area (TPSA) is 84.8 Å². The first-order valence-electron chi connectivity index (χ1n) is 9.34. The molecule has 5 rings (SSSR count). The molecule has 2 aliphatic rings. The number of carboxylic acid groups (broad SMARTS) is 1. The van der Waals surface area contributed by atoms with Crippen molar-refractivity contribution in [2.75, 3.05) is 5.75 Å². The number of thioether (sulfide) groups is 1. The van der Waals surface area contributed by atoms with Crippen molar-refractivity contribution in [3.8, 4) is 10.4 Å². The van der Waals surface area contributed by atoms with E-state index in [9.17, 15) is 14.7 Å². The molecule has 1 unspecified atom stereocenters. The van der Waals surface area contributed by atoms with Crippen LogP contribution in [0.5, 0.6) is 0 Å². The van der Waals surface area contributed by atoms with Crippen LogP contribution >= 0.6 is 23.1 Å². The minimum absolute atomic E-state index is 0.0716. The Morgan fingerprint density at radius 1 is 1.29 bits per heavy atom. The first-order chi connectivity index (χ1) is 13.5. The number of rotatable bonds is 3. The third-order valence-corrected chi connectivity index (χ3v) is 8.15. The maximum Gasteiger partial charge on any atom is 0.341 e. The highest BCUT2D eigenvalue weighted by Crippen LogP contribution is 2.45. The molecule has 0 aromatic carbocycles. The van der Waals surface area contributed by atoms with Crippen molar-refractivity contribution < 1.29 is 9.90 Å². The van der Waals surface area contributed by atoms with Gasteiger partial charge in [0.05, 0.1) is 5.52 Å². The number of aryl methyl sites for hydroxylation is 1. The normalized spacial score (nSPS) is 19.0. The molecule has 1 aliphatic heterocycles. The number of carboxylic acids is 1. The second-order valence-corrected chi connectivity index (χ2v) is 9.75. The zero-order valence-electron chi connectivity index (χ0n) is 15.4. The number of fused-ring (bicyclic) bond motifs is 2. The lowest BCUT2D eigenvalue weighted by atomic mass is 9.99. The maximum absolute atomic E-state index is 12.7. The molecule has 0 radical (unpaired) electrons. The summed E-state index contributed by atoms with van der Waals surface area (Å²) in [7, 11) is 0. The molecule has 1 saturated carbocycles. The molecule has 5 nitrogen and oxygen atoms in total. The van der Waals surface area contributed by atoms with Crippen molar-refractivity contribution in [2.24, 2.45) is 5.73 Å². The number of pyridine rings is 2. The van der Waals surface area contributed by atoms with Gasteiger partial charge in [-0.3, -0.25) is 9.20 Å². The monoisotopic (exact) mass is 412 g/mol. The molecule has 3 N–H and O–H groups in total. The molecule has 28 heavy (non-hydrogen) atoms. The molecule has 144 valence electrons. The molecule has 7 heteroatoms. The number of carbonyl (C=O) groups is 1. The minimum Gasteiger partial charge on any atom is -0.477 e. The Bertz CT molecular complexity index is 1190. The summed E-state index contributed by atoms with van der Waals surface area (Å²) in [5.41, 5.74) is 10.9. The highest BCUT2D eigenvalue weighted by atomic mass is 32.2. The van der Waals surface area contributed by atoms with Gasteiger partial charge in [0.25, 0.3) is 5.56 Å². The van der Waals surface area contributed by atoms with E-state index in [1.54, 1.807) is 23.6 Å². The zero-order chi connectivity index (χ0) is 19.6. The van der Waals surface area contributed by atoms with Gasteiger partial charge >= 0.3 is 5.97 Å². The van der Waals surface area contributed by atoms with Crippen LogP contribution in [0.2, 0.25) is 0 Å². The molecule has 3 aromatic rings. The third kappa shape index (κ3) is 2.72. The molecular weight excluding hydrogens is 392 g/mol. The summed E-state index contributed by atoms with van der Waals surface area (Å²) >= 11 is 3.64. The van der Waals surface area contributed by atoms with E-state index in [1.165, 1.54) is 19.7 Å². The van der Waals surface area contributed by atoms with Crippen molar-refractivity contribution in [2.45, 2.75) is 37.5 Å². The molecule has 0 bridgehead atoms. The van der Waals surface area contributed by atoms with Crippen molar-refractivity contribution in [3.05, 3.63) is 61.9 Å². The van der Waals surface area contributed by atoms with Gasteiger partial charge in [0.2, 0.25) is 0 Å². The van der Waals surface area contributed by atoms with Crippen molar-refractivity contribution in [1.82, 2.24) is 4.40 Å². The van der Waals surface area contributed by atoms with E-state index in [4.69, 9.17) is 5.73 Å². The molecular formula is C21H20N2O3S2. The molecule has 3 aromatic heterocycles. The summed E-state index contributed by atoms with van der Waals surface area (Å²) in [5, 5.41) is 9.45. The molecule has 1 aliphatic carbocycles. The maximum atomic E-state index is 12.7. The largest absolute Gasteiger partial charge is 0.477 e. The zero-order valence-corrected chi connectivity index (χ0v) is 17.0. The second-order valence-electron chi connectivity index (χ2n) is 7.58. The summed E-state index contributed by atoms with van der Waals surface area (Å²) in [6.07, 6.45) is 3.80. The first-order valence-corrected chi connectivity index (χ1v) is 11.3. The van der Waals surface area contributed by atoms with Gasteiger partial charge in [0.1, 0.15) is 5.56 Å². The van der Waals surface area contributed by atoms with Gasteiger partial charge in [0, 0.05) is 33.5 Å². The Labute approximate surface area is 170 Å². The Kier molecular flexibility index (Phi) is 4.15. The van der Waals surface area contributed by atoms with Crippen molar-refractivity contribution in [1.29, 1.82) is 0 Å². The summed E-state index contributed by atoms with van der Waals surface area (Å²) in [6.45, 7) is 2.03. The van der Waals surface area contributed by atoms with Crippen LogP contribution in [-0.2, 0) is 5.75 Å². The van der Waals surface area contributed by atoms with Crippen LogP contribution in [0, 0.1) is 6.92 Å². The molecule has 1 atom stereocenters. The number of aromatic nitrogens is 1. The lowest BCUT2D eigenvalue weighted by molar-refractivity contribution is 0.0694. The van der Waals surface area contributed by atoms with Gasteiger partial charge < -0.3 is 10.8 Å². The number of nitrogens with two attached hydrogens (primary N) is 1. The SMILES string of the molecule is Cc1c(-c2cc3c(s2)CSCC3N)ccn2c(=O)c(C(=O)O)cc(C3CC3)c12. The molecule has 4 heterocycles. The second kappa shape index (κ2) is 6.47. The van der Waals surface area contributed by atoms with Gasteiger partial charge in [-0.1, -0.05) is 0 Å².